The normalized spacial score (nSPS) is 32.2. The van der Waals surface area contributed by atoms with Crippen molar-refractivity contribution in [2.75, 3.05) is 6.61 Å². The Labute approximate surface area is 169 Å². The molecule has 27 heavy (non-hydrogen) atoms. The average molecular weight is 410 g/mol. The van der Waals surface area contributed by atoms with Crippen LogP contribution >= 0.6 is 23.2 Å². The average Bonchev–Trinajstić information content (AvgIpc) is 2.61. The molecule has 4 aliphatic rings. The first-order valence-corrected chi connectivity index (χ1v) is 10.5. The standard InChI is InChI=1S/C21H25Cl2NO3/c1-12(21-8-13-5-14(9-21)7-15(6-13)10-21)24-18(25)11-27-20(26)16-3-2-4-17(22)19(16)23/h2-4,12-15H,5-11H2,1H3,(H,24,25)/t12-,13?,14?,15?,21?/m1/s1. The number of hydrogen-bond donors (Lipinski definition) is 1. The molecule has 4 nitrogen and oxygen atoms in total. The molecule has 0 aliphatic heterocycles. The zero-order chi connectivity index (χ0) is 19.2. The van der Waals surface area contributed by atoms with E-state index >= 15 is 0 Å². The summed E-state index contributed by atoms with van der Waals surface area (Å²) in [5.74, 6) is 1.60. The zero-order valence-corrected chi connectivity index (χ0v) is 17.0. The van der Waals surface area contributed by atoms with Crippen molar-refractivity contribution in [1.82, 2.24) is 5.32 Å². The van der Waals surface area contributed by atoms with Gasteiger partial charge in [-0.05, 0) is 80.8 Å². The van der Waals surface area contributed by atoms with Crippen molar-refractivity contribution in [3.8, 4) is 0 Å². The molecule has 0 radical (unpaired) electrons. The van der Waals surface area contributed by atoms with Gasteiger partial charge in [0.25, 0.3) is 5.91 Å². The van der Waals surface area contributed by atoms with E-state index < -0.39 is 5.97 Å². The van der Waals surface area contributed by atoms with Gasteiger partial charge in [0.2, 0.25) is 0 Å². The van der Waals surface area contributed by atoms with Crippen LogP contribution in [0.1, 0.15) is 55.8 Å². The van der Waals surface area contributed by atoms with Gasteiger partial charge in [-0.3, -0.25) is 4.79 Å². The van der Waals surface area contributed by atoms with Crippen molar-refractivity contribution in [3.05, 3.63) is 33.8 Å². The summed E-state index contributed by atoms with van der Waals surface area (Å²) >= 11 is 12.0. The predicted octanol–water partition coefficient (Wildman–Crippen LogP) is 4.87. The van der Waals surface area contributed by atoms with E-state index in [-0.39, 0.29) is 39.6 Å². The Morgan fingerprint density at radius 2 is 1.74 bits per heavy atom. The smallest absolute Gasteiger partial charge is 0.340 e. The lowest BCUT2D eigenvalue weighted by molar-refractivity contribution is -0.128. The summed E-state index contributed by atoms with van der Waals surface area (Å²) in [4.78, 5) is 24.6. The fourth-order valence-electron chi connectivity index (χ4n) is 6.01. The molecule has 4 saturated carbocycles. The van der Waals surface area contributed by atoms with E-state index in [4.69, 9.17) is 27.9 Å². The van der Waals surface area contributed by atoms with Crippen LogP contribution in [-0.2, 0) is 9.53 Å². The maximum absolute atomic E-state index is 12.4. The van der Waals surface area contributed by atoms with Crippen molar-refractivity contribution < 1.29 is 14.3 Å². The first kappa shape index (κ1) is 19.1. The van der Waals surface area contributed by atoms with Crippen LogP contribution in [0.3, 0.4) is 0 Å². The highest BCUT2D eigenvalue weighted by molar-refractivity contribution is 6.43. The number of rotatable bonds is 5. The number of halogens is 2. The first-order valence-electron chi connectivity index (χ1n) is 9.77. The van der Waals surface area contributed by atoms with Crippen LogP contribution in [0.2, 0.25) is 10.0 Å². The Morgan fingerprint density at radius 3 is 2.33 bits per heavy atom. The van der Waals surface area contributed by atoms with Crippen LogP contribution in [0.5, 0.6) is 0 Å². The van der Waals surface area contributed by atoms with E-state index in [1.54, 1.807) is 12.1 Å². The number of ether oxygens (including phenoxy) is 1. The molecule has 0 unspecified atom stereocenters. The van der Waals surface area contributed by atoms with Crippen LogP contribution in [0.4, 0.5) is 0 Å². The molecule has 0 aromatic heterocycles. The fraction of sp³-hybridized carbons (Fsp3) is 0.619. The molecule has 146 valence electrons. The molecule has 1 aromatic rings. The lowest BCUT2D eigenvalue weighted by Crippen LogP contribution is -2.56. The largest absolute Gasteiger partial charge is 0.452 e. The highest BCUT2D eigenvalue weighted by Gasteiger charge is 2.53. The number of carbonyl (C=O) groups excluding carboxylic acids is 2. The molecule has 5 rings (SSSR count). The molecule has 1 atom stereocenters. The maximum atomic E-state index is 12.4. The molecule has 1 aromatic carbocycles. The summed E-state index contributed by atoms with van der Waals surface area (Å²) in [5.41, 5.74) is 0.399. The van der Waals surface area contributed by atoms with E-state index in [0.717, 1.165) is 17.8 Å². The molecule has 4 fully saturated rings. The summed E-state index contributed by atoms with van der Waals surface area (Å²) < 4.78 is 5.15. The summed E-state index contributed by atoms with van der Waals surface area (Å²) in [7, 11) is 0. The Balaban J connectivity index is 1.33. The highest BCUT2D eigenvalue weighted by Crippen LogP contribution is 2.61. The Hall–Kier alpha value is -1.26. The topological polar surface area (TPSA) is 55.4 Å². The minimum atomic E-state index is -0.639. The number of nitrogens with one attached hydrogen (secondary N) is 1. The van der Waals surface area contributed by atoms with Crippen LogP contribution in [0.15, 0.2) is 18.2 Å². The summed E-state index contributed by atoms with van der Waals surface area (Å²) in [6.07, 6.45) is 7.78. The van der Waals surface area contributed by atoms with Gasteiger partial charge < -0.3 is 10.1 Å². The number of hydrogen-bond acceptors (Lipinski definition) is 3. The minimum Gasteiger partial charge on any atom is -0.452 e. The van der Waals surface area contributed by atoms with Gasteiger partial charge in [-0.1, -0.05) is 29.3 Å². The van der Waals surface area contributed by atoms with Gasteiger partial charge in [-0.15, -0.1) is 0 Å². The third-order valence-electron chi connectivity index (χ3n) is 6.89. The summed E-state index contributed by atoms with van der Waals surface area (Å²) in [6, 6.07) is 4.86. The number of esters is 1. The Kier molecular flexibility index (Phi) is 5.15. The zero-order valence-electron chi connectivity index (χ0n) is 15.5. The second kappa shape index (κ2) is 7.29. The van der Waals surface area contributed by atoms with Crippen LogP contribution in [0.25, 0.3) is 0 Å². The van der Waals surface area contributed by atoms with Gasteiger partial charge in [-0.25, -0.2) is 4.79 Å². The maximum Gasteiger partial charge on any atom is 0.340 e. The van der Waals surface area contributed by atoms with Crippen LogP contribution in [0, 0.1) is 23.2 Å². The van der Waals surface area contributed by atoms with E-state index in [1.165, 1.54) is 44.6 Å². The third-order valence-corrected chi connectivity index (χ3v) is 7.71. The molecular weight excluding hydrogens is 385 g/mol. The fourth-order valence-corrected chi connectivity index (χ4v) is 6.39. The van der Waals surface area contributed by atoms with Crippen LogP contribution < -0.4 is 5.32 Å². The van der Waals surface area contributed by atoms with Gasteiger partial charge >= 0.3 is 5.97 Å². The van der Waals surface area contributed by atoms with E-state index in [2.05, 4.69) is 12.2 Å². The quantitative estimate of drug-likeness (QED) is 0.705. The van der Waals surface area contributed by atoms with Gasteiger partial charge in [-0.2, -0.15) is 0 Å². The molecule has 0 heterocycles. The van der Waals surface area contributed by atoms with Gasteiger partial charge in [0.15, 0.2) is 6.61 Å². The lowest BCUT2D eigenvalue weighted by Gasteiger charge is -2.59. The van der Waals surface area contributed by atoms with Crippen LogP contribution in [-0.4, -0.2) is 24.5 Å². The second-order valence-electron chi connectivity index (χ2n) is 8.75. The SMILES string of the molecule is C[C@@H](NC(=O)COC(=O)c1cccc(Cl)c1Cl)C12CC3CC(CC(C3)C1)C2. The number of carbonyl (C=O) groups is 2. The minimum absolute atomic E-state index is 0.104. The van der Waals surface area contributed by atoms with Gasteiger partial charge in [0.05, 0.1) is 15.6 Å². The molecule has 1 amide bonds. The molecule has 4 aliphatic carbocycles. The first-order chi connectivity index (χ1) is 12.9. The Bertz CT molecular complexity index is 729. The van der Waals surface area contributed by atoms with Gasteiger partial charge in [0.1, 0.15) is 0 Å². The van der Waals surface area contributed by atoms with Crippen molar-refractivity contribution in [2.24, 2.45) is 23.2 Å². The molecule has 1 N–H and O–H groups in total. The van der Waals surface area contributed by atoms with Crippen molar-refractivity contribution in [3.63, 3.8) is 0 Å². The molecular formula is C21H25Cl2NO3. The predicted molar refractivity (Wildman–Crippen MR) is 105 cm³/mol. The number of benzene rings is 1. The van der Waals surface area contributed by atoms with Crippen molar-refractivity contribution in [2.45, 2.75) is 51.5 Å². The molecule has 0 spiro atoms. The highest BCUT2D eigenvalue weighted by atomic mass is 35.5. The second-order valence-corrected chi connectivity index (χ2v) is 9.53. The summed E-state index contributed by atoms with van der Waals surface area (Å²) in [5, 5.41) is 3.52. The van der Waals surface area contributed by atoms with Crippen molar-refractivity contribution in [1.29, 1.82) is 0 Å². The number of amides is 1. The molecule has 4 bridgehead atoms. The van der Waals surface area contributed by atoms with Crippen molar-refractivity contribution >= 4 is 35.1 Å². The third kappa shape index (κ3) is 3.71. The van der Waals surface area contributed by atoms with E-state index in [0.29, 0.717) is 0 Å². The summed E-state index contributed by atoms with van der Waals surface area (Å²) in [6.45, 7) is 1.80. The lowest BCUT2D eigenvalue weighted by atomic mass is 9.48. The molecule has 0 saturated heterocycles. The Morgan fingerprint density at radius 1 is 1.15 bits per heavy atom. The van der Waals surface area contributed by atoms with Gasteiger partial charge in [0, 0.05) is 6.04 Å². The molecule has 6 heteroatoms. The van der Waals surface area contributed by atoms with E-state index in [9.17, 15) is 9.59 Å². The van der Waals surface area contributed by atoms with E-state index in [1.807, 2.05) is 0 Å². The monoisotopic (exact) mass is 409 g/mol.